The molecule has 8 nitrogen and oxygen atoms in total. The number of carbonyl (C=O) groups excluding carboxylic acids is 3. The molecule has 0 aliphatic carbocycles. The summed E-state index contributed by atoms with van der Waals surface area (Å²) < 4.78 is 0. The number of Topliss-reactive ketones (excluding diaryl/α,β-unsaturated/α-hetero) is 1. The molecule has 3 aromatic rings. The molecule has 3 N–H and O–H groups in total. The number of aliphatic hydroxyl groups is 1. The minimum atomic E-state index is -1.10. The number of amides is 2. The molecule has 188 valence electrons. The Kier molecular flexibility index (Phi) is 7.61. The Morgan fingerprint density at radius 3 is 2.24 bits per heavy atom. The van der Waals surface area contributed by atoms with E-state index in [2.05, 4.69) is 5.32 Å². The number of halogens is 2. The van der Waals surface area contributed by atoms with Crippen LogP contribution in [0.1, 0.15) is 30.0 Å². The number of benzene rings is 3. The summed E-state index contributed by atoms with van der Waals surface area (Å²) in [6, 6.07) is 18.1. The molecule has 1 aliphatic rings. The van der Waals surface area contributed by atoms with Crippen LogP contribution in [-0.2, 0) is 19.2 Å². The van der Waals surface area contributed by atoms with E-state index >= 15 is 0 Å². The Hall–Kier alpha value is -4.14. The van der Waals surface area contributed by atoms with Crippen LogP contribution in [0.3, 0.4) is 0 Å². The van der Waals surface area contributed by atoms with E-state index in [1.165, 1.54) is 17.0 Å². The van der Waals surface area contributed by atoms with Crippen molar-refractivity contribution in [3.8, 4) is 0 Å². The molecule has 2 amide bonds. The molecule has 1 fully saturated rings. The molecular weight excluding hydrogens is 519 g/mol. The maximum atomic E-state index is 13.3. The lowest BCUT2D eigenvalue weighted by atomic mass is 9.95. The van der Waals surface area contributed by atoms with Gasteiger partial charge in [-0.2, -0.15) is 0 Å². The number of aliphatic hydroxyl groups excluding tert-OH is 1. The molecule has 0 aromatic heterocycles. The first kappa shape index (κ1) is 25.9. The standard InChI is InChI=1S/C27H20Cl2N2O6/c28-17-9-7-15(8-10-17)24-23(26(36)27(37)31(24)20-6-2-4-18(29)14-20)25(35)16-3-1-5-19(13-16)30-21(32)11-12-22(33)34/h1-10,13-14,24,35H,11-12H2,(H,30,32)(H,33,34). The number of nitrogens with zero attached hydrogens (tertiary/aromatic N) is 1. The normalized spacial score (nSPS) is 16.6. The van der Waals surface area contributed by atoms with Gasteiger partial charge in [0, 0.05) is 33.4 Å². The quantitative estimate of drug-likeness (QED) is 0.209. The van der Waals surface area contributed by atoms with Crippen LogP contribution >= 0.6 is 23.2 Å². The number of nitrogens with one attached hydrogen (secondary N) is 1. The summed E-state index contributed by atoms with van der Waals surface area (Å²) in [4.78, 5) is 50.5. The van der Waals surface area contributed by atoms with Gasteiger partial charge in [-0.15, -0.1) is 0 Å². The average Bonchev–Trinajstić information content (AvgIpc) is 3.13. The van der Waals surface area contributed by atoms with E-state index in [1.807, 2.05) is 0 Å². The van der Waals surface area contributed by atoms with Gasteiger partial charge in [-0.1, -0.05) is 53.5 Å². The topological polar surface area (TPSA) is 124 Å². The molecule has 37 heavy (non-hydrogen) atoms. The van der Waals surface area contributed by atoms with Gasteiger partial charge in [-0.25, -0.2) is 0 Å². The second kappa shape index (κ2) is 10.9. The molecule has 4 rings (SSSR count). The Balaban J connectivity index is 1.79. The van der Waals surface area contributed by atoms with Crippen molar-refractivity contribution in [2.45, 2.75) is 18.9 Å². The van der Waals surface area contributed by atoms with Crippen molar-refractivity contribution in [2.24, 2.45) is 0 Å². The van der Waals surface area contributed by atoms with Crippen molar-refractivity contribution in [1.29, 1.82) is 0 Å². The number of ketones is 1. The highest BCUT2D eigenvalue weighted by Crippen LogP contribution is 2.43. The fourth-order valence-electron chi connectivity index (χ4n) is 4.03. The number of carboxylic acid groups (broad SMARTS) is 1. The van der Waals surface area contributed by atoms with Gasteiger partial charge in [0.25, 0.3) is 11.7 Å². The van der Waals surface area contributed by atoms with E-state index in [-0.39, 0.29) is 29.7 Å². The highest BCUT2D eigenvalue weighted by atomic mass is 35.5. The van der Waals surface area contributed by atoms with Crippen molar-refractivity contribution < 1.29 is 29.4 Å². The van der Waals surface area contributed by atoms with Crippen LogP contribution in [-0.4, -0.2) is 33.8 Å². The molecule has 3 aromatic carbocycles. The van der Waals surface area contributed by atoms with Gasteiger partial charge in [0.15, 0.2) is 0 Å². The third-order valence-electron chi connectivity index (χ3n) is 5.70. The van der Waals surface area contributed by atoms with Gasteiger partial charge < -0.3 is 15.5 Å². The second-order valence-electron chi connectivity index (χ2n) is 8.22. The van der Waals surface area contributed by atoms with Gasteiger partial charge in [0.05, 0.1) is 18.0 Å². The second-order valence-corrected chi connectivity index (χ2v) is 9.10. The number of anilines is 2. The van der Waals surface area contributed by atoms with E-state index in [4.69, 9.17) is 28.3 Å². The molecule has 0 saturated carbocycles. The van der Waals surface area contributed by atoms with E-state index in [0.717, 1.165) is 0 Å². The summed E-state index contributed by atoms with van der Waals surface area (Å²) in [6.45, 7) is 0. The molecule has 10 heteroatoms. The lowest BCUT2D eigenvalue weighted by Gasteiger charge is -2.25. The summed E-state index contributed by atoms with van der Waals surface area (Å²) in [5.41, 5.74) is 1.21. The maximum absolute atomic E-state index is 13.3. The number of hydrogen-bond acceptors (Lipinski definition) is 5. The van der Waals surface area contributed by atoms with E-state index in [0.29, 0.717) is 21.3 Å². The smallest absolute Gasteiger partial charge is 0.303 e. The lowest BCUT2D eigenvalue weighted by molar-refractivity contribution is -0.138. The highest BCUT2D eigenvalue weighted by Gasteiger charge is 2.47. The molecule has 0 radical (unpaired) electrons. The number of aliphatic carboxylic acids is 1. The Bertz CT molecular complexity index is 1430. The van der Waals surface area contributed by atoms with Crippen LogP contribution in [0.5, 0.6) is 0 Å². The van der Waals surface area contributed by atoms with Crippen LogP contribution in [0.15, 0.2) is 78.4 Å². The van der Waals surface area contributed by atoms with Gasteiger partial charge in [-0.3, -0.25) is 24.1 Å². The first-order valence-corrected chi connectivity index (χ1v) is 11.9. The zero-order valence-corrected chi connectivity index (χ0v) is 20.7. The largest absolute Gasteiger partial charge is 0.507 e. The zero-order chi connectivity index (χ0) is 26.7. The monoisotopic (exact) mass is 538 g/mol. The summed E-state index contributed by atoms with van der Waals surface area (Å²) in [6.07, 6.45) is -0.563. The Morgan fingerprint density at radius 1 is 0.865 bits per heavy atom. The maximum Gasteiger partial charge on any atom is 0.303 e. The van der Waals surface area contributed by atoms with Gasteiger partial charge in [0.1, 0.15) is 5.76 Å². The first-order valence-electron chi connectivity index (χ1n) is 11.1. The number of rotatable bonds is 7. The molecule has 1 atom stereocenters. The van der Waals surface area contributed by atoms with Crippen molar-refractivity contribution in [3.63, 3.8) is 0 Å². The molecule has 1 heterocycles. The average molecular weight is 539 g/mol. The lowest BCUT2D eigenvalue weighted by Crippen LogP contribution is -2.29. The summed E-state index contributed by atoms with van der Waals surface area (Å²) >= 11 is 12.2. The molecule has 0 spiro atoms. The Labute approximate surface area is 221 Å². The van der Waals surface area contributed by atoms with Crippen LogP contribution in [0.2, 0.25) is 10.0 Å². The SMILES string of the molecule is O=C(O)CCC(=O)Nc1cccc(C(O)=C2C(=O)C(=O)N(c3cccc(Cl)c3)C2c2ccc(Cl)cc2)c1. The molecular formula is C27H20Cl2N2O6. The van der Waals surface area contributed by atoms with Crippen molar-refractivity contribution >= 4 is 63.9 Å². The number of hydrogen-bond donors (Lipinski definition) is 3. The highest BCUT2D eigenvalue weighted by molar-refractivity contribution is 6.51. The van der Waals surface area contributed by atoms with Crippen molar-refractivity contribution in [3.05, 3.63) is 99.5 Å². The minimum absolute atomic E-state index is 0.151. The Morgan fingerprint density at radius 2 is 1.57 bits per heavy atom. The third kappa shape index (κ3) is 5.66. The van der Waals surface area contributed by atoms with Crippen molar-refractivity contribution in [1.82, 2.24) is 0 Å². The van der Waals surface area contributed by atoms with Crippen LogP contribution in [0, 0.1) is 0 Å². The molecule has 1 saturated heterocycles. The summed E-state index contributed by atoms with van der Waals surface area (Å²) in [5, 5.41) is 23.4. The number of carboxylic acids is 1. The van der Waals surface area contributed by atoms with E-state index < -0.39 is 35.4 Å². The fourth-order valence-corrected chi connectivity index (χ4v) is 4.34. The summed E-state index contributed by atoms with van der Waals surface area (Å²) in [7, 11) is 0. The predicted octanol–water partition coefficient (Wildman–Crippen LogP) is 5.42. The first-order chi connectivity index (χ1) is 17.7. The number of carbonyl (C=O) groups is 4. The van der Waals surface area contributed by atoms with Crippen LogP contribution in [0.25, 0.3) is 5.76 Å². The van der Waals surface area contributed by atoms with Crippen LogP contribution < -0.4 is 10.2 Å². The molecule has 0 bridgehead atoms. The van der Waals surface area contributed by atoms with E-state index in [1.54, 1.807) is 60.7 Å². The fraction of sp³-hybridized carbons (Fsp3) is 0.111. The van der Waals surface area contributed by atoms with Crippen molar-refractivity contribution in [2.75, 3.05) is 10.2 Å². The van der Waals surface area contributed by atoms with Gasteiger partial charge in [0.2, 0.25) is 5.91 Å². The van der Waals surface area contributed by atoms with Gasteiger partial charge >= 0.3 is 5.97 Å². The minimum Gasteiger partial charge on any atom is -0.507 e. The van der Waals surface area contributed by atoms with E-state index in [9.17, 15) is 24.3 Å². The van der Waals surface area contributed by atoms with Crippen LogP contribution in [0.4, 0.5) is 11.4 Å². The summed E-state index contributed by atoms with van der Waals surface area (Å²) in [5.74, 6) is -3.81. The van der Waals surface area contributed by atoms with Gasteiger partial charge in [-0.05, 0) is 48.0 Å². The molecule has 1 aliphatic heterocycles. The predicted molar refractivity (Wildman–Crippen MR) is 140 cm³/mol. The zero-order valence-electron chi connectivity index (χ0n) is 19.2. The molecule has 1 unspecified atom stereocenters. The third-order valence-corrected chi connectivity index (χ3v) is 6.19.